The fourth-order valence-corrected chi connectivity index (χ4v) is 3.34. The third-order valence-corrected chi connectivity index (χ3v) is 4.47. The molecule has 19 heavy (non-hydrogen) atoms. The third kappa shape index (κ3) is 3.37. The molecule has 0 spiro atoms. The lowest BCUT2D eigenvalue weighted by molar-refractivity contribution is -0.119. The monoisotopic (exact) mass is 298 g/mol. The van der Waals surface area contributed by atoms with E-state index in [1.54, 1.807) is 0 Å². The number of amides is 1. The highest BCUT2D eigenvalue weighted by Crippen LogP contribution is 2.33. The molecule has 1 saturated heterocycles. The first-order valence-electron chi connectivity index (χ1n) is 6.16. The van der Waals surface area contributed by atoms with Crippen LogP contribution in [0.15, 0.2) is 0 Å². The molecule has 2 rings (SSSR count). The number of halogens is 1. The van der Waals surface area contributed by atoms with Gasteiger partial charge in [-0.25, -0.2) is 0 Å². The second kappa shape index (κ2) is 6.22. The summed E-state index contributed by atoms with van der Waals surface area (Å²) >= 11 is 7.16. The van der Waals surface area contributed by atoms with Crippen molar-refractivity contribution in [3.05, 3.63) is 10.7 Å². The lowest BCUT2D eigenvalue weighted by atomic mass is 9.98. The van der Waals surface area contributed by atoms with Crippen LogP contribution in [0, 0.1) is 17.2 Å². The standard InChI is InChI=1S/C12H15ClN4OS/c1-8(18)15-6-9-3-2-4-17(7-9)12-10(5-14)11(13)16-19-12/h9H,2-4,6-7H2,1H3,(H,15,18). The SMILES string of the molecule is CC(=O)NCC1CCCN(c2snc(Cl)c2C#N)C1. The molecule has 1 amide bonds. The van der Waals surface area contributed by atoms with Crippen molar-refractivity contribution in [3.63, 3.8) is 0 Å². The Kier molecular flexibility index (Phi) is 4.61. The van der Waals surface area contributed by atoms with Gasteiger partial charge in [0.25, 0.3) is 0 Å². The molecule has 1 aromatic heterocycles. The molecule has 102 valence electrons. The summed E-state index contributed by atoms with van der Waals surface area (Å²) in [5.74, 6) is 0.403. The fourth-order valence-electron chi connectivity index (χ4n) is 2.28. The van der Waals surface area contributed by atoms with Crippen LogP contribution in [0.25, 0.3) is 0 Å². The van der Waals surface area contributed by atoms with E-state index in [2.05, 4.69) is 20.7 Å². The number of nitrogens with zero attached hydrogens (tertiary/aromatic N) is 3. The molecular formula is C12H15ClN4OS. The van der Waals surface area contributed by atoms with E-state index in [4.69, 9.17) is 16.9 Å². The number of hydrogen-bond acceptors (Lipinski definition) is 5. The molecule has 2 heterocycles. The summed E-state index contributed by atoms with van der Waals surface area (Å²) in [5, 5.41) is 13.1. The van der Waals surface area contributed by atoms with Gasteiger partial charge in [0, 0.05) is 26.6 Å². The van der Waals surface area contributed by atoms with Gasteiger partial charge in [-0.15, -0.1) is 0 Å². The predicted molar refractivity (Wildman–Crippen MR) is 75.5 cm³/mol. The minimum Gasteiger partial charge on any atom is -0.361 e. The summed E-state index contributed by atoms with van der Waals surface area (Å²) in [5.41, 5.74) is 0.465. The average molecular weight is 299 g/mol. The smallest absolute Gasteiger partial charge is 0.216 e. The second-order valence-electron chi connectivity index (χ2n) is 4.66. The van der Waals surface area contributed by atoms with E-state index in [1.165, 1.54) is 18.5 Å². The van der Waals surface area contributed by atoms with E-state index in [0.717, 1.165) is 30.9 Å². The number of piperidine rings is 1. The molecule has 0 saturated carbocycles. The van der Waals surface area contributed by atoms with Gasteiger partial charge in [-0.05, 0) is 30.3 Å². The molecule has 1 aromatic rings. The molecular weight excluding hydrogens is 284 g/mol. The van der Waals surface area contributed by atoms with E-state index in [0.29, 0.717) is 18.0 Å². The first-order chi connectivity index (χ1) is 9.11. The summed E-state index contributed by atoms with van der Waals surface area (Å²) in [6, 6.07) is 2.11. The lowest BCUT2D eigenvalue weighted by Gasteiger charge is -2.33. The minimum absolute atomic E-state index is 0.00401. The van der Waals surface area contributed by atoms with Gasteiger partial charge < -0.3 is 10.2 Å². The summed E-state index contributed by atoms with van der Waals surface area (Å²) in [6.45, 7) is 3.94. The van der Waals surface area contributed by atoms with Crippen LogP contribution in [0.3, 0.4) is 0 Å². The van der Waals surface area contributed by atoms with Crippen LogP contribution < -0.4 is 10.2 Å². The zero-order valence-corrected chi connectivity index (χ0v) is 12.2. The Morgan fingerprint density at radius 3 is 3.21 bits per heavy atom. The predicted octanol–water partition coefficient (Wildman–Crippen LogP) is 2.02. The fraction of sp³-hybridized carbons (Fsp3) is 0.583. The largest absolute Gasteiger partial charge is 0.361 e. The van der Waals surface area contributed by atoms with Crippen molar-refractivity contribution < 1.29 is 4.79 Å². The van der Waals surface area contributed by atoms with Gasteiger partial charge in [0.05, 0.1) is 0 Å². The van der Waals surface area contributed by atoms with Crippen molar-refractivity contribution in [1.29, 1.82) is 5.26 Å². The molecule has 0 bridgehead atoms. The molecule has 0 aliphatic carbocycles. The number of rotatable bonds is 3. The Hall–Kier alpha value is -1.32. The van der Waals surface area contributed by atoms with Crippen LogP contribution in [0.1, 0.15) is 25.3 Å². The van der Waals surface area contributed by atoms with E-state index >= 15 is 0 Å². The van der Waals surface area contributed by atoms with Crippen molar-refractivity contribution >= 4 is 34.0 Å². The number of hydrogen-bond donors (Lipinski definition) is 1. The van der Waals surface area contributed by atoms with Crippen molar-refractivity contribution in [1.82, 2.24) is 9.69 Å². The highest BCUT2D eigenvalue weighted by molar-refractivity contribution is 7.10. The molecule has 0 aromatic carbocycles. The normalized spacial score (nSPS) is 19.0. The molecule has 7 heteroatoms. The van der Waals surface area contributed by atoms with Crippen LogP contribution in [0.4, 0.5) is 5.00 Å². The zero-order valence-electron chi connectivity index (χ0n) is 10.6. The van der Waals surface area contributed by atoms with Crippen molar-refractivity contribution in [2.24, 2.45) is 5.92 Å². The quantitative estimate of drug-likeness (QED) is 0.927. The van der Waals surface area contributed by atoms with E-state index in [1.807, 2.05) is 0 Å². The number of anilines is 1. The van der Waals surface area contributed by atoms with Crippen molar-refractivity contribution in [2.75, 3.05) is 24.5 Å². The molecule has 1 aliphatic heterocycles. The Morgan fingerprint density at radius 2 is 2.53 bits per heavy atom. The summed E-state index contributed by atoms with van der Waals surface area (Å²) < 4.78 is 4.04. The first kappa shape index (κ1) is 14.1. The van der Waals surface area contributed by atoms with E-state index in [-0.39, 0.29) is 11.1 Å². The number of nitriles is 1. The van der Waals surface area contributed by atoms with Crippen LogP contribution in [0.2, 0.25) is 5.15 Å². The van der Waals surface area contributed by atoms with Crippen molar-refractivity contribution in [3.8, 4) is 6.07 Å². The molecule has 0 radical (unpaired) electrons. The van der Waals surface area contributed by atoms with Gasteiger partial charge >= 0.3 is 0 Å². The Morgan fingerprint density at radius 1 is 1.74 bits per heavy atom. The maximum Gasteiger partial charge on any atom is 0.216 e. The zero-order chi connectivity index (χ0) is 13.8. The van der Waals surface area contributed by atoms with Gasteiger partial charge in [-0.1, -0.05) is 11.6 Å². The molecule has 1 aliphatic rings. The Bertz CT molecular complexity index is 510. The Labute approximate surface area is 121 Å². The van der Waals surface area contributed by atoms with Gasteiger partial charge in [0.2, 0.25) is 5.91 Å². The Balaban J connectivity index is 2.04. The van der Waals surface area contributed by atoms with Gasteiger partial charge in [-0.2, -0.15) is 9.64 Å². The highest BCUT2D eigenvalue weighted by Gasteiger charge is 2.24. The topological polar surface area (TPSA) is 69.0 Å². The number of nitrogens with one attached hydrogen (secondary N) is 1. The van der Waals surface area contributed by atoms with Crippen molar-refractivity contribution in [2.45, 2.75) is 19.8 Å². The first-order valence-corrected chi connectivity index (χ1v) is 7.31. The summed E-state index contributed by atoms with van der Waals surface area (Å²) in [4.78, 5) is 13.1. The van der Waals surface area contributed by atoms with Crippen LogP contribution >= 0.6 is 23.1 Å². The van der Waals surface area contributed by atoms with Crippen LogP contribution in [0.5, 0.6) is 0 Å². The maximum absolute atomic E-state index is 10.9. The number of carbonyl (C=O) groups excluding carboxylic acids is 1. The third-order valence-electron chi connectivity index (χ3n) is 3.19. The average Bonchev–Trinajstić information content (AvgIpc) is 2.78. The number of aromatic nitrogens is 1. The van der Waals surface area contributed by atoms with Crippen LogP contribution in [-0.2, 0) is 4.79 Å². The van der Waals surface area contributed by atoms with E-state index < -0.39 is 0 Å². The molecule has 1 unspecified atom stereocenters. The lowest BCUT2D eigenvalue weighted by Crippen LogP contribution is -2.40. The summed E-state index contributed by atoms with van der Waals surface area (Å²) in [7, 11) is 0. The summed E-state index contributed by atoms with van der Waals surface area (Å²) in [6.07, 6.45) is 2.13. The molecule has 1 N–H and O–H groups in total. The number of carbonyl (C=O) groups is 1. The van der Waals surface area contributed by atoms with Gasteiger partial charge in [0.15, 0.2) is 5.15 Å². The second-order valence-corrected chi connectivity index (χ2v) is 5.77. The molecule has 1 fully saturated rings. The maximum atomic E-state index is 10.9. The van der Waals surface area contributed by atoms with E-state index in [9.17, 15) is 4.79 Å². The van der Waals surface area contributed by atoms with Gasteiger partial charge in [-0.3, -0.25) is 4.79 Å². The molecule has 5 nitrogen and oxygen atoms in total. The van der Waals surface area contributed by atoms with Gasteiger partial charge in [0.1, 0.15) is 16.6 Å². The van der Waals surface area contributed by atoms with Crippen LogP contribution in [-0.4, -0.2) is 29.9 Å². The molecule has 1 atom stereocenters. The highest BCUT2D eigenvalue weighted by atomic mass is 35.5. The minimum atomic E-state index is -0.00401.